The molecule has 0 aliphatic carbocycles. The van der Waals surface area contributed by atoms with Crippen molar-refractivity contribution in [3.63, 3.8) is 0 Å². The number of benzene rings is 2. The predicted molar refractivity (Wildman–Crippen MR) is 158 cm³/mol. The van der Waals surface area contributed by atoms with Crippen molar-refractivity contribution in [1.29, 1.82) is 0 Å². The topological polar surface area (TPSA) is 44.7 Å². The molecule has 3 unspecified atom stereocenters. The quantitative estimate of drug-likeness (QED) is 0.340. The summed E-state index contributed by atoms with van der Waals surface area (Å²) in [5.74, 6) is 1.99. The average molecular weight is 558 g/mol. The SMILES string of the molecule is C[C@@H]1C2CN(c3nc(OC[C@@H]4CCCN4C)nc4c3CCN(c3cccc5cccc(Cl)c35)C4)C[C@H]3CC4C1[N@@+]423. The second-order valence-corrected chi connectivity index (χ2v) is 13.7. The van der Waals surface area contributed by atoms with Crippen LogP contribution in [0.1, 0.15) is 37.4 Å². The van der Waals surface area contributed by atoms with E-state index in [0.717, 1.165) is 91.2 Å². The van der Waals surface area contributed by atoms with Crippen molar-refractivity contribution in [2.45, 2.75) is 69.4 Å². The summed E-state index contributed by atoms with van der Waals surface area (Å²) in [6, 6.07) is 17.2. The van der Waals surface area contributed by atoms with Crippen molar-refractivity contribution in [3.8, 4) is 6.01 Å². The van der Waals surface area contributed by atoms with Crippen molar-refractivity contribution >= 4 is 33.9 Å². The van der Waals surface area contributed by atoms with Crippen LogP contribution in [0.3, 0.4) is 0 Å². The van der Waals surface area contributed by atoms with Gasteiger partial charge in [0.2, 0.25) is 0 Å². The number of anilines is 2. The standard InChI is InChI=1S/C32H38ClN6O/c1-19-28-17-38(15-22-14-27-30(19)39(22,27)28)31-23-11-13-37(26-10-4-7-20-6-3-9-24(33)29(20)26)16-25(23)34-32(35-31)40-18-21-8-5-12-36(21)2/h3-4,6-7,9-10,19,21-22,27-28,30H,5,8,11-18H2,1-2H3/q+1/t19-,21+,22-,27?,28?,30?,39+/m1/s1. The van der Waals surface area contributed by atoms with E-state index in [1.54, 1.807) is 0 Å². The normalized spacial score (nSPS) is 35.5. The van der Waals surface area contributed by atoms with Crippen LogP contribution in [0.15, 0.2) is 36.4 Å². The summed E-state index contributed by atoms with van der Waals surface area (Å²) in [6.45, 7) is 8.23. The number of hydrogen-bond donors (Lipinski definition) is 0. The van der Waals surface area contributed by atoms with Crippen molar-refractivity contribution in [1.82, 2.24) is 14.9 Å². The third-order valence-electron chi connectivity index (χ3n) is 11.7. The number of rotatable bonds is 5. The molecule has 2 aromatic carbocycles. The van der Waals surface area contributed by atoms with E-state index in [0.29, 0.717) is 18.7 Å². The van der Waals surface area contributed by atoms with Crippen LogP contribution in [0.4, 0.5) is 11.5 Å². The Morgan fingerprint density at radius 3 is 2.75 bits per heavy atom. The van der Waals surface area contributed by atoms with E-state index in [1.165, 1.54) is 40.4 Å². The molecule has 6 aliphatic heterocycles. The summed E-state index contributed by atoms with van der Waals surface area (Å²) in [5.41, 5.74) is 3.62. The second-order valence-electron chi connectivity index (χ2n) is 13.3. The first-order valence-corrected chi connectivity index (χ1v) is 15.7. The lowest BCUT2D eigenvalue weighted by Crippen LogP contribution is -2.74. The molecule has 208 valence electrons. The van der Waals surface area contributed by atoms with E-state index in [4.69, 9.17) is 26.3 Å². The number of likely N-dealkylation sites (tertiary alicyclic amines) is 1. The van der Waals surface area contributed by atoms with Gasteiger partial charge in [-0.05, 0) is 50.4 Å². The lowest BCUT2D eigenvalue weighted by molar-refractivity contribution is -0.950. The Hall–Kier alpha value is -2.61. The van der Waals surface area contributed by atoms with Gasteiger partial charge in [-0.15, -0.1) is 0 Å². The summed E-state index contributed by atoms with van der Waals surface area (Å²) in [6.07, 6.45) is 4.76. The monoisotopic (exact) mass is 557 g/mol. The second kappa shape index (κ2) is 8.46. The van der Waals surface area contributed by atoms with Gasteiger partial charge in [0.15, 0.2) is 6.04 Å². The lowest BCUT2D eigenvalue weighted by Gasteiger charge is -2.56. The minimum Gasteiger partial charge on any atom is -0.462 e. The fraction of sp³-hybridized carbons (Fsp3) is 0.562. The van der Waals surface area contributed by atoms with Gasteiger partial charge in [0.25, 0.3) is 0 Å². The van der Waals surface area contributed by atoms with Crippen molar-refractivity contribution in [2.24, 2.45) is 5.92 Å². The maximum Gasteiger partial charge on any atom is 0.318 e. The Morgan fingerprint density at radius 1 is 1.05 bits per heavy atom. The Bertz CT molecular complexity index is 1530. The number of nitrogens with zero attached hydrogens (tertiary/aromatic N) is 6. The van der Waals surface area contributed by atoms with Gasteiger partial charge >= 0.3 is 6.01 Å². The molecule has 1 aromatic heterocycles. The minimum absolute atomic E-state index is 0.444. The van der Waals surface area contributed by atoms with Crippen molar-refractivity contribution < 1.29 is 9.22 Å². The number of fused-ring (bicyclic) bond motifs is 3. The van der Waals surface area contributed by atoms with Gasteiger partial charge in [-0.25, -0.2) is 0 Å². The summed E-state index contributed by atoms with van der Waals surface area (Å²) in [5, 5.41) is 3.11. The summed E-state index contributed by atoms with van der Waals surface area (Å²) >= 11 is 6.74. The molecule has 0 N–H and O–H groups in total. The van der Waals surface area contributed by atoms with E-state index < -0.39 is 0 Å². The van der Waals surface area contributed by atoms with Gasteiger partial charge in [-0.1, -0.05) is 42.8 Å². The molecule has 40 heavy (non-hydrogen) atoms. The van der Waals surface area contributed by atoms with Crippen LogP contribution in [0.2, 0.25) is 5.02 Å². The Morgan fingerprint density at radius 2 is 1.93 bits per heavy atom. The maximum atomic E-state index is 6.74. The Labute approximate surface area is 241 Å². The Kier molecular flexibility index (Phi) is 5.08. The van der Waals surface area contributed by atoms with E-state index in [-0.39, 0.29) is 0 Å². The van der Waals surface area contributed by atoms with Gasteiger partial charge in [0.1, 0.15) is 30.6 Å². The van der Waals surface area contributed by atoms with E-state index in [1.807, 2.05) is 12.1 Å². The summed E-state index contributed by atoms with van der Waals surface area (Å²) in [4.78, 5) is 17.8. The van der Waals surface area contributed by atoms with Crippen LogP contribution < -0.4 is 14.5 Å². The highest BCUT2D eigenvalue weighted by Crippen LogP contribution is 2.71. The first-order valence-electron chi connectivity index (χ1n) is 15.3. The van der Waals surface area contributed by atoms with Crippen molar-refractivity contribution in [2.75, 3.05) is 49.6 Å². The highest BCUT2D eigenvalue weighted by Gasteiger charge is 2.91. The molecular formula is C32H38ClN6O+. The maximum absolute atomic E-state index is 6.74. The third-order valence-corrected chi connectivity index (χ3v) is 12.0. The van der Waals surface area contributed by atoms with Gasteiger partial charge in [-0.3, -0.25) is 4.48 Å². The molecule has 7 atom stereocenters. The molecule has 0 bridgehead atoms. The number of piperazine rings is 1. The number of halogens is 1. The lowest BCUT2D eigenvalue weighted by atomic mass is 9.85. The fourth-order valence-electron chi connectivity index (χ4n) is 9.73. The zero-order valence-electron chi connectivity index (χ0n) is 23.5. The largest absolute Gasteiger partial charge is 0.462 e. The van der Waals surface area contributed by atoms with Gasteiger partial charge < -0.3 is 19.4 Å². The smallest absolute Gasteiger partial charge is 0.318 e. The fourth-order valence-corrected chi connectivity index (χ4v) is 10.0. The van der Waals surface area contributed by atoms with Crippen LogP contribution in [0.5, 0.6) is 6.01 Å². The van der Waals surface area contributed by atoms with Gasteiger partial charge in [0.05, 0.1) is 42.7 Å². The molecule has 5 fully saturated rings. The first-order chi connectivity index (χ1) is 19.5. The molecule has 7 nitrogen and oxygen atoms in total. The van der Waals surface area contributed by atoms with Gasteiger partial charge in [-0.2, -0.15) is 9.97 Å². The van der Waals surface area contributed by atoms with Crippen molar-refractivity contribution in [3.05, 3.63) is 52.7 Å². The molecule has 9 rings (SSSR count). The summed E-state index contributed by atoms with van der Waals surface area (Å²) < 4.78 is 7.86. The zero-order chi connectivity index (χ0) is 26.7. The third kappa shape index (κ3) is 3.14. The molecule has 7 heterocycles. The number of hydrogen-bond acceptors (Lipinski definition) is 6. The molecule has 0 saturated carbocycles. The molecular weight excluding hydrogens is 520 g/mol. The number of aromatic nitrogens is 2. The van der Waals surface area contributed by atoms with Crippen LogP contribution in [-0.4, -0.2) is 89.4 Å². The van der Waals surface area contributed by atoms with Crippen LogP contribution in [0.25, 0.3) is 10.8 Å². The average Bonchev–Trinajstić information content (AvgIpc) is 3.20. The number of ether oxygens (including phenoxy) is 1. The molecule has 0 amide bonds. The zero-order valence-corrected chi connectivity index (χ0v) is 24.2. The molecule has 1 spiro atoms. The summed E-state index contributed by atoms with van der Waals surface area (Å²) in [7, 11) is 2.20. The van der Waals surface area contributed by atoms with E-state index in [2.05, 4.69) is 52.9 Å². The molecule has 5 saturated heterocycles. The van der Waals surface area contributed by atoms with Crippen LogP contribution in [0, 0.1) is 5.92 Å². The number of likely N-dealkylation sites (N-methyl/N-ethyl adjacent to an activating group) is 1. The highest BCUT2D eigenvalue weighted by atomic mass is 35.5. The number of quaternary nitrogens is 1. The van der Waals surface area contributed by atoms with Crippen LogP contribution >= 0.6 is 11.6 Å². The Balaban J connectivity index is 1.07. The van der Waals surface area contributed by atoms with Gasteiger partial charge in [0, 0.05) is 29.2 Å². The molecule has 0 radical (unpaired) electrons. The molecule has 3 aromatic rings. The minimum atomic E-state index is 0.444. The molecule has 8 heteroatoms. The molecule has 6 aliphatic rings. The van der Waals surface area contributed by atoms with E-state index >= 15 is 0 Å². The predicted octanol–water partition coefficient (Wildman–Crippen LogP) is 4.50. The highest BCUT2D eigenvalue weighted by molar-refractivity contribution is 6.36. The van der Waals surface area contributed by atoms with E-state index in [9.17, 15) is 0 Å². The van der Waals surface area contributed by atoms with Crippen LogP contribution in [-0.2, 0) is 13.0 Å². The first kappa shape index (κ1) is 24.0.